The Kier molecular flexibility index (Phi) is 3.49. The maximum atomic E-state index is 12.2. The lowest BCUT2D eigenvalue weighted by Gasteiger charge is -2.38. The summed E-state index contributed by atoms with van der Waals surface area (Å²) < 4.78 is 26.9. The molecule has 0 saturated heterocycles. The number of benzene rings is 1. The lowest BCUT2D eigenvalue weighted by Crippen LogP contribution is -2.54. The minimum Gasteiger partial charge on any atom is -0.324 e. The highest BCUT2D eigenvalue weighted by atomic mass is 32.2. The van der Waals surface area contributed by atoms with Crippen LogP contribution >= 0.6 is 0 Å². The van der Waals surface area contributed by atoms with Crippen molar-refractivity contribution in [2.24, 2.45) is 5.73 Å². The fourth-order valence-corrected chi connectivity index (χ4v) is 3.54. The van der Waals surface area contributed by atoms with Gasteiger partial charge in [0.15, 0.2) is 0 Å². The maximum Gasteiger partial charge on any atom is 0.240 e. The van der Waals surface area contributed by atoms with E-state index in [2.05, 4.69) is 4.72 Å². The summed E-state index contributed by atoms with van der Waals surface area (Å²) in [5.41, 5.74) is 7.57. The van der Waals surface area contributed by atoms with E-state index < -0.39 is 10.0 Å². The fourth-order valence-electron chi connectivity index (χ4n) is 2.22. The summed E-state index contributed by atoms with van der Waals surface area (Å²) in [6, 6.07) is 5.31. The highest BCUT2D eigenvalue weighted by Gasteiger charge is 2.33. The van der Waals surface area contributed by atoms with Crippen molar-refractivity contribution in [2.75, 3.05) is 6.54 Å². The first-order valence-electron chi connectivity index (χ1n) is 6.18. The third kappa shape index (κ3) is 2.91. The largest absolute Gasteiger partial charge is 0.324 e. The maximum absolute atomic E-state index is 12.2. The zero-order chi connectivity index (χ0) is 13.4. The minimum atomic E-state index is -3.44. The van der Waals surface area contributed by atoms with Gasteiger partial charge in [0.1, 0.15) is 0 Å². The molecule has 1 fully saturated rings. The molecule has 0 amide bonds. The SMILES string of the molecule is Cc1cc(C)cc(S(=O)(=O)NCC2(N)CCC2)c1. The molecule has 100 valence electrons. The lowest BCUT2D eigenvalue weighted by molar-refractivity contribution is 0.251. The van der Waals surface area contributed by atoms with Crippen molar-refractivity contribution >= 4 is 10.0 Å². The molecule has 1 aliphatic carbocycles. The van der Waals surface area contributed by atoms with Crippen molar-refractivity contribution in [3.63, 3.8) is 0 Å². The molecular formula is C13H20N2O2S. The van der Waals surface area contributed by atoms with Gasteiger partial charge in [-0.15, -0.1) is 0 Å². The van der Waals surface area contributed by atoms with Gasteiger partial charge < -0.3 is 5.73 Å². The van der Waals surface area contributed by atoms with Crippen molar-refractivity contribution in [2.45, 2.75) is 43.5 Å². The summed E-state index contributed by atoms with van der Waals surface area (Å²) in [6.07, 6.45) is 2.87. The van der Waals surface area contributed by atoms with Crippen LogP contribution in [0.25, 0.3) is 0 Å². The molecule has 0 radical (unpaired) electrons. The molecule has 0 spiro atoms. The molecule has 0 atom stereocenters. The smallest absolute Gasteiger partial charge is 0.240 e. The Balaban J connectivity index is 2.14. The second kappa shape index (κ2) is 4.64. The van der Waals surface area contributed by atoms with E-state index in [-0.39, 0.29) is 5.54 Å². The van der Waals surface area contributed by atoms with Crippen molar-refractivity contribution in [1.29, 1.82) is 0 Å². The van der Waals surface area contributed by atoms with Crippen LogP contribution in [0.1, 0.15) is 30.4 Å². The quantitative estimate of drug-likeness (QED) is 0.868. The Morgan fingerprint density at radius 2 is 1.78 bits per heavy atom. The van der Waals surface area contributed by atoms with Gasteiger partial charge in [-0.05, 0) is 56.4 Å². The second-order valence-electron chi connectivity index (χ2n) is 5.36. The lowest BCUT2D eigenvalue weighted by atomic mass is 9.78. The van der Waals surface area contributed by atoms with Crippen molar-refractivity contribution in [3.8, 4) is 0 Å². The third-order valence-electron chi connectivity index (χ3n) is 3.47. The van der Waals surface area contributed by atoms with Gasteiger partial charge in [0.05, 0.1) is 4.90 Å². The number of sulfonamides is 1. The standard InChI is InChI=1S/C13H20N2O2S/c1-10-6-11(2)8-12(7-10)18(16,17)15-9-13(14)4-3-5-13/h6-8,15H,3-5,9,14H2,1-2H3. The van der Waals surface area contributed by atoms with Gasteiger partial charge in [-0.25, -0.2) is 13.1 Å². The Bertz CT molecular complexity index is 528. The Hall–Kier alpha value is -0.910. The molecule has 0 aromatic heterocycles. The highest BCUT2D eigenvalue weighted by Crippen LogP contribution is 2.28. The van der Waals surface area contributed by atoms with E-state index in [1.54, 1.807) is 12.1 Å². The van der Waals surface area contributed by atoms with Crippen LogP contribution in [0.2, 0.25) is 0 Å². The summed E-state index contributed by atoms with van der Waals surface area (Å²) in [7, 11) is -3.44. The van der Waals surface area contributed by atoms with Gasteiger partial charge in [-0.2, -0.15) is 0 Å². The summed E-state index contributed by atoms with van der Waals surface area (Å²) in [5.74, 6) is 0. The number of nitrogens with one attached hydrogen (secondary N) is 1. The number of rotatable bonds is 4. The van der Waals surface area contributed by atoms with Gasteiger partial charge in [0.25, 0.3) is 0 Å². The van der Waals surface area contributed by atoms with E-state index in [1.165, 1.54) is 0 Å². The van der Waals surface area contributed by atoms with E-state index in [0.29, 0.717) is 11.4 Å². The van der Waals surface area contributed by atoms with Gasteiger partial charge >= 0.3 is 0 Å². The van der Waals surface area contributed by atoms with Crippen LogP contribution in [0.5, 0.6) is 0 Å². The number of aryl methyl sites for hydroxylation is 2. The predicted octanol–water partition coefficient (Wildman–Crippen LogP) is 1.46. The second-order valence-corrected chi connectivity index (χ2v) is 7.13. The molecule has 1 aromatic carbocycles. The minimum absolute atomic E-state index is 0.322. The molecule has 0 bridgehead atoms. The molecule has 0 unspecified atom stereocenters. The third-order valence-corrected chi connectivity index (χ3v) is 4.85. The summed E-state index contributed by atoms with van der Waals surface area (Å²) in [5, 5.41) is 0. The first-order chi connectivity index (χ1) is 8.31. The zero-order valence-corrected chi connectivity index (χ0v) is 11.7. The van der Waals surface area contributed by atoms with Crippen molar-refractivity contribution < 1.29 is 8.42 Å². The Morgan fingerprint density at radius 3 is 2.22 bits per heavy atom. The molecule has 0 aliphatic heterocycles. The predicted molar refractivity (Wildman–Crippen MR) is 71.9 cm³/mol. The summed E-state index contributed by atoms with van der Waals surface area (Å²) in [6.45, 7) is 4.10. The molecule has 1 saturated carbocycles. The van der Waals surface area contributed by atoms with E-state index in [9.17, 15) is 8.42 Å². The molecule has 1 aliphatic rings. The van der Waals surface area contributed by atoms with E-state index in [1.807, 2.05) is 19.9 Å². The van der Waals surface area contributed by atoms with Crippen LogP contribution in [0, 0.1) is 13.8 Å². The average molecular weight is 268 g/mol. The molecule has 3 N–H and O–H groups in total. The first kappa shape index (κ1) is 13.5. The molecule has 4 nitrogen and oxygen atoms in total. The fraction of sp³-hybridized carbons (Fsp3) is 0.538. The Labute approximate surface area is 109 Å². The number of hydrogen-bond donors (Lipinski definition) is 2. The van der Waals surface area contributed by atoms with E-state index >= 15 is 0 Å². The van der Waals surface area contributed by atoms with Gasteiger partial charge in [-0.1, -0.05) is 6.07 Å². The van der Waals surface area contributed by atoms with Crippen LogP contribution in [0.15, 0.2) is 23.1 Å². The van der Waals surface area contributed by atoms with Crippen LogP contribution < -0.4 is 10.5 Å². The number of nitrogens with two attached hydrogens (primary N) is 1. The number of hydrogen-bond acceptors (Lipinski definition) is 3. The van der Waals surface area contributed by atoms with Gasteiger partial charge in [-0.3, -0.25) is 0 Å². The molecule has 2 rings (SSSR count). The van der Waals surface area contributed by atoms with Crippen LogP contribution in [-0.2, 0) is 10.0 Å². The highest BCUT2D eigenvalue weighted by molar-refractivity contribution is 7.89. The van der Waals surface area contributed by atoms with Crippen molar-refractivity contribution in [1.82, 2.24) is 4.72 Å². The van der Waals surface area contributed by atoms with Gasteiger partial charge in [0.2, 0.25) is 10.0 Å². The molecule has 1 aromatic rings. The first-order valence-corrected chi connectivity index (χ1v) is 7.66. The topological polar surface area (TPSA) is 72.2 Å². The summed E-state index contributed by atoms with van der Waals surface area (Å²) in [4.78, 5) is 0.322. The summed E-state index contributed by atoms with van der Waals surface area (Å²) >= 11 is 0. The zero-order valence-electron chi connectivity index (χ0n) is 10.9. The van der Waals surface area contributed by atoms with Crippen LogP contribution in [0.3, 0.4) is 0 Å². The van der Waals surface area contributed by atoms with Crippen molar-refractivity contribution in [3.05, 3.63) is 29.3 Å². The normalized spacial score (nSPS) is 18.4. The molecule has 18 heavy (non-hydrogen) atoms. The van der Waals surface area contributed by atoms with Crippen LogP contribution in [0.4, 0.5) is 0 Å². The van der Waals surface area contributed by atoms with Gasteiger partial charge in [0, 0.05) is 12.1 Å². The van der Waals surface area contributed by atoms with Crippen LogP contribution in [-0.4, -0.2) is 20.5 Å². The molecule has 0 heterocycles. The van der Waals surface area contributed by atoms with E-state index in [4.69, 9.17) is 5.73 Å². The molecular weight excluding hydrogens is 248 g/mol. The molecule has 5 heteroatoms. The van der Waals surface area contributed by atoms with E-state index in [0.717, 1.165) is 30.4 Å². The Morgan fingerprint density at radius 1 is 1.22 bits per heavy atom. The monoisotopic (exact) mass is 268 g/mol. The average Bonchev–Trinajstić information content (AvgIpc) is 2.22.